The van der Waals surface area contributed by atoms with Gasteiger partial charge in [0.2, 0.25) is 5.91 Å². The number of amides is 1. The van der Waals surface area contributed by atoms with Gasteiger partial charge in [0.15, 0.2) is 0 Å². The number of thiazole rings is 1. The molecular weight excluding hydrogens is 414 g/mol. The number of rotatable bonds is 5. The molecule has 0 radical (unpaired) electrons. The Labute approximate surface area is 172 Å². The summed E-state index contributed by atoms with van der Waals surface area (Å²) >= 11 is 2.79. The van der Waals surface area contributed by atoms with E-state index < -0.39 is 10.0 Å². The lowest BCUT2D eigenvalue weighted by Crippen LogP contribution is -2.45. The number of hydrogen-bond donors (Lipinski definition) is 0. The molecule has 4 rings (SSSR count). The van der Waals surface area contributed by atoms with Crippen molar-refractivity contribution in [2.24, 2.45) is 5.92 Å². The second kappa shape index (κ2) is 7.90. The maximum absolute atomic E-state index is 13.0. The minimum atomic E-state index is -3.52. The lowest BCUT2D eigenvalue weighted by molar-refractivity contribution is -0.135. The van der Waals surface area contributed by atoms with Crippen molar-refractivity contribution >= 4 is 48.8 Å². The Morgan fingerprint density at radius 1 is 1.29 bits per heavy atom. The van der Waals surface area contributed by atoms with Crippen molar-refractivity contribution in [2.45, 2.75) is 23.6 Å². The first-order valence-electron chi connectivity index (χ1n) is 9.08. The van der Waals surface area contributed by atoms with Gasteiger partial charge < -0.3 is 4.90 Å². The van der Waals surface area contributed by atoms with Crippen molar-refractivity contribution in [2.75, 3.05) is 20.1 Å². The molecule has 148 valence electrons. The van der Waals surface area contributed by atoms with Crippen molar-refractivity contribution in [3.63, 3.8) is 0 Å². The predicted molar refractivity (Wildman–Crippen MR) is 112 cm³/mol. The minimum Gasteiger partial charge on any atom is -0.339 e. The van der Waals surface area contributed by atoms with Crippen LogP contribution >= 0.6 is 22.7 Å². The second-order valence-corrected chi connectivity index (χ2v) is 11.1. The van der Waals surface area contributed by atoms with Crippen molar-refractivity contribution in [3.05, 3.63) is 46.8 Å². The Balaban J connectivity index is 1.45. The third kappa shape index (κ3) is 3.84. The Morgan fingerprint density at radius 3 is 2.86 bits per heavy atom. The van der Waals surface area contributed by atoms with E-state index in [4.69, 9.17) is 0 Å². The number of sulfonamides is 1. The van der Waals surface area contributed by atoms with E-state index in [1.807, 2.05) is 24.3 Å². The zero-order valence-corrected chi connectivity index (χ0v) is 17.9. The third-order valence-electron chi connectivity index (χ3n) is 4.91. The maximum Gasteiger partial charge on any atom is 0.252 e. The van der Waals surface area contributed by atoms with Crippen LogP contribution < -0.4 is 0 Å². The summed E-state index contributed by atoms with van der Waals surface area (Å²) in [5.74, 6) is -0.340. The normalized spacial score (nSPS) is 18.4. The molecule has 1 amide bonds. The number of para-hydroxylation sites is 1. The van der Waals surface area contributed by atoms with Crippen molar-refractivity contribution < 1.29 is 13.2 Å². The molecule has 2 aromatic heterocycles. The largest absolute Gasteiger partial charge is 0.339 e. The van der Waals surface area contributed by atoms with E-state index in [0.29, 0.717) is 30.1 Å². The van der Waals surface area contributed by atoms with Gasteiger partial charge in [-0.25, -0.2) is 13.4 Å². The highest BCUT2D eigenvalue weighted by atomic mass is 32.2. The van der Waals surface area contributed by atoms with Crippen molar-refractivity contribution in [1.29, 1.82) is 0 Å². The van der Waals surface area contributed by atoms with Crippen LogP contribution in [0, 0.1) is 5.92 Å². The first-order chi connectivity index (χ1) is 13.4. The van der Waals surface area contributed by atoms with Crippen LogP contribution in [0.3, 0.4) is 0 Å². The highest BCUT2D eigenvalue weighted by Crippen LogP contribution is 2.28. The van der Waals surface area contributed by atoms with Crippen LogP contribution in [0.4, 0.5) is 0 Å². The molecule has 0 bridgehead atoms. The topological polar surface area (TPSA) is 70.6 Å². The van der Waals surface area contributed by atoms with Crippen molar-refractivity contribution in [3.8, 4) is 0 Å². The molecule has 9 heteroatoms. The van der Waals surface area contributed by atoms with E-state index in [1.54, 1.807) is 40.8 Å². The summed E-state index contributed by atoms with van der Waals surface area (Å²) < 4.78 is 28.5. The van der Waals surface area contributed by atoms with E-state index in [2.05, 4.69) is 4.98 Å². The average molecular weight is 436 g/mol. The molecule has 1 unspecified atom stereocenters. The molecular formula is C19H21N3O3S3. The van der Waals surface area contributed by atoms with Gasteiger partial charge in [0, 0.05) is 20.1 Å². The van der Waals surface area contributed by atoms with Gasteiger partial charge in [-0.3, -0.25) is 4.79 Å². The molecule has 1 aromatic carbocycles. The molecule has 1 atom stereocenters. The molecule has 0 aliphatic carbocycles. The molecule has 0 saturated carbocycles. The van der Waals surface area contributed by atoms with E-state index in [0.717, 1.165) is 15.2 Å². The monoisotopic (exact) mass is 435 g/mol. The summed E-state index contributed by atoms with van der Waals surface area (Å²) in [6.45, 7) is 1.14. The molecule has 3 heterocycles. The first kappa shape index (κ1) is 19.5. The Morgan fingerprint density at radius 2 is 2.11 bits per heavy atom. The van der Waals surface area contributed by atoms with Gasteiger partial charge in [-0.1, -0.05) is 18.2 Å². The predicted octanol–water partition coefficient (Wildman–Crippen LogP) is 3.42. The van der Waals surface area contributed by atoms with Gasteiger partial charge in [-0.2, -0.15) is 4.31 Å². The number of aromatic nitrogens is 1. The van der Waals surface area contributed by atoms with Crippen LogP contribution in [-0.4, -0.2) is 48.7 Å². The van der Waals surface area contributed by atoms with E-state index in [9.17, 15) is 13.2 Å². The Hall–Kier alpha value is -1.81. The summed E-state index contributed by atoms with van der Waals surface area (Å²) in [6, 6.07) is 11.3. The number of benzene rings is 1. The average Bonchev–Trinajstić information content (AvgIpc) is 3.37. The first-order valence-corrected chi connectivity index (χ1v) is 12.2. The molecule has 1 saturated heterocycles. The zero-order chi connectivity index (χ0) is 19.7. The van der Waals surface area contributed by atoms with Crippen LogP contribution in [0.2, 0.25) is 0 Å². The molecule has 28 heavy (non-hydrogen) atoms. The lowest BCUT2D eigenvalue weighted by Gasteiger charge is -2.32. The number of carbonyl (C=O) groups excluding carboxylic acids is 1. The van der Waals surface area contributed by atoms with Gasteiger partial charge >= 0.3 is 0 Å². The fourth-order valence-corrected chi connectivity index (χ4v) is 7.17. The zero-order valence-electron chi connectivity index (χ0n) is 15.4. The number of fused-ring (bicyclic) bond motifs is 1. The number of carbonyl (C=O) groups is 1. The molecule has 0 N–H and O–H groups in total. The van der Waals surface area contributed by atoms with Gasteiger partial charge in [0.1, 0.15) is 9.22 Å². The van der Waals surface area contributed by atoms with Crippen LogP contribution in [0.25, 0.3) is 10.2 Å². The van der Waals surface area contributed by atoms with Crippen LogP contribution in [0.15, 0.2) is 46.0 Å². The number of nitrogens with zero attached hydrogens (tertiary/aromatic N) is 3. The number of piperidine rings is 1. The number of hydrogen-bond acceptors (Lipinski definition) is 6. The van der Waals surface area contributed by atoms with Gasteiger partial charge in [-0.05, 0) is 36.4 Å². The van der Waals surface area contributed by atoms with Gasteiger partial charge in [0.25, 0.3) is 10.0 Å². The summed E-state index contributed by atoms with van der Waals surface area (Å²) in [5, 5.41) is 2.64. The molecule has 1 fully saturated rings. The van der Waals surface area contributed by atoms with E-state index in [1.165, 1.54) is 15.6 Å². The second-order valence-electron chi connectivity index (χ2n) is 6.90. The highest BCUT2D eigenvalue weighted by molar-refractivity contribution is 7.91. The van der Waals surface area contributed by atoms with Gasteiger partial charge in [0.05, 0.1) is 22.7 Å². The minimum absolute atomic E-state index is 0.0228. The summed E-state index contributed by atoms with van der Waals surface area (Å²) in [5.41, 5.74) is 0.939. The highest BCUT2D eigenvalue weighted by Gasteiger charge is 2.35. The lowest BCUT2D eigenvalue weighted by atomic mass is 9.98. The quantitative estimate of drug-likeness (QED) is 0.616. The van der Waals surface area contributed by atoms with E-state index in [-0.39, 0.29) is 18.4 Å². The van der Waals surface area contributed by atoms with Gasteiger partial charge in [-0.15, -0.1) is 22.7 Å². The number of thiophene rings is 1. The standard InChI is InChI=1S/C19H21N3O3S3/c1-21(13-17-20-15-7-2-3-8-16(15)27-17)19(23)14-6-4-10-22(12-14)28(24,25)18-9-5-11-26-18/h2-3,5,7-9,11,14H,4,6,10,12-13H2,1H3. The van der Waals surface area contributed by atoms with Crippen LogP contribution in [0.1, 0.15) is 17.8 Å². The fourth-order valence-electron chi connectivity index (χ4n) is 3.48. The SMILES string of the molecule is CN(Cc1nc2ccccc2s1)C(=O)C1CCCN(S(=O)(=O)c2cccs2)C1. The van der Waals surface area contributed by atoms with Crippen LogP contribution in [0.5, 0.6) is 0 Å². The summed E-state index contributed by atoms with van der Waals surface area (Å²) in [4.78, 5) is 19.2. The fraction of sp³-hybridized carbons (Fsp3) is 0.368. The summed E-state index contributed by atoms with van der Waals surface area (Å²) in [6.07, 6.45) is 1.40. The van der Waals surface area contributed by atoms with Crippen molar-refractivity contribution in [1.82, 2.24) is 14.2 Å². The molecule has 1 aliphatic heterocycles. The Kier molecular flexibility index (Phi) is 5.50. The molecule has 3 aromatic rings. The van der Waals surface area contributed by atoms with E-state index >= 15 is 0 Å². The smallest absolute Gasteiger partial charge is 0.252 e. The maximum atomic E-state index is 13.0. The third-order valence-corrected chi connectivity index (χ3v) is 9.17. The molecule has 1 aliphatic rings. The summed E-state index contributed by atoms with van der Waals surface area (Å²) in [7, 11) is -1.75. The molecule has 0 spiro atoms. The molecule has 6 nitrogen and oxygen atoms in total. The van der Waals surface area contributed by atoms with Crippen LogP contribution in [-0.2, 0) is 21.4 Å². The Bertz CT molecular complexity index is 1040.